The van der Waals surface area contributed by atoms with Crippen molar-refractivity contribution in [3.63, 3.8) is 0 Å². The highest BCUT2D eigenvalue weighted by atomic mass is 35.5. The first-order valence-corrected chi connectivity index (χ1v) is 5.19. The number of fused-ring (bicyclic) bond motifs is 1. The molecule has 0 unspecified atom stereocenters. The van der Waals surface area contributed by atoms with Crippen molar-refractivity contribution in [3.05, 3.63) is 47.8 Å². The van der Waals surface area contributed by atoms with Gasteiger partial charge in [-0.1, -0.05) is 35.4 Å². The van der Waals surface area contributed by atoms with E-state index in [4.69, 9.17) is 16.0 Å². The van der Waals surface area contributed by atoms with Crippen LogP contribution in [0.5, 0.6) is 0 Å². The van der Waals surface area contributed by atoms with E-state index in [1.807, 2.05) is 36.4 Å². The summed E-state index contributed by atoms with van der Waals surface area (Å²) < 4.78 is 5.16. The van der Waals surface area contributed by atoms with Gasteiger partial charge in [0.05, 0.1) is 0 Å². The molecule has 0 aliphatic heterocycles. The Hall–Kier alpha value is -1.87. The molecule has 0 radical (unpaired) electrons. The van der Waals surface area contributed by atoms with Crippen LogP contribution in [-0.4, -0.2) is 10.2 Å². The molecule has 3 aromatic rings. The highest BCUT2D eigenvalue weighted by Gasteiger charge is 2.06. The van der Waals surface area contributed by atoms with E-state index in [2.05, 4.69) is 16.3 Å². The minimum absolute atomic E-state index is 0.0585. The first kappa shape index (κ1) is 9.36. The number of hydrogen-bond donors (Lipinski definition) is 0. The number of benzene rings is 2. The van der Waals surface area contributed by atoms with Crippen molar-refractivity contribution in [3.8, 4) is 11.5 Å². The Morgan fingerprint density at radius 1 is 0.938 bits per heavy atom. The lowest BCUT2D eigenvalue weighted by molar-refractivity contribution is 0.571. The van der Waals surface area contributed by atoms with Crippen molar-refractivity contribution in [2.45, 2.75) is 0 Å². The van der Waals surface area contributed by atoms with Crippen molar-refractivity contribution in [2.75, 3.05) is 0 Å². The van der Waals surface area contributed by atoms with Gasteiger partial charge < -0.3 is 4.42 Å². The lowest BCUT2D eigenvalue weighted by Gasteiger charge is -1.98. The van der Waals surface area contributed by atoms with E-state index in [9.17, 15) is 0 Å². The molecule has 4 heteroatoms. The second-order valence-electron chi connectivity index (χ2n) is 3.42. The molecule has 0 saturated heterocycles. The normalized spacial score (nSPS) is 10.8. The fourth-order valence-corrected chi connectivity index (χ4v) is 1.76. The van der Waals surface area contributed by atoms with E-state index >= 15 is 0 Å². The van der Waals surface area contributed by atoms with Crippen LogP contribution in [0.2, 0.25) is 5.35 Å². The molecular formula is C12H7ClN2O. The van der Waals surface area contributed by atoms with E-state index in [1.165, 1.54) is 5.39 Å². The second kappa shape index (κ2) is 3.61. The Bertz CT molecular complexity index is 648. The van der Waals surface area contributed by atoms with E-state index in [0.717, 1.165) is 10.9 Å². The molecule has 2 aromatic carbocycles. The molecule has 3 nitrogen and oxygen atoms in total. The van der Waals surface area contributed by atoms with Crippen LogP contribution in [0.4, 0.5) is 0 Å². The first-order chi connectivity index (χ1) is 7.83. The Morgan fingerprint density at radius 2 is 1.75 bits per heavy atom. The smallest absolute Gasteiger partial charge is 0.313 e. The summed E-state index contributed by atoms with van der Waals surface area (Å²) in [5.41, 5.74) is 0.873. The van der Waals surface area contributed by atoms with Crippen molar-refractivity contribution >= 4 is 22.4 Å². The maximum Gasteiger partial charge on any atom is 0.313 e. The van der Waals surface area contributed by atoms with Crippen LogP contribution >= 0.6 is 11.6 Å². The molecular weight excluding hydrogens is 224 g/mol. The van der Waals surface area contributed by atoms with Crippen LogP contribution in [-0.2, 0) is 0 Å². The van der Waals surface area contributed by atoms with Gasteiger partial charge in [0.1, 0.15) is 0 Å². The molecule has 0 N–H and O–H groups in total. The summed E-state index contributed by atoms with van der Waals surface area (Å²) in [4.78, 5) is 0. The fourth-order valence-electron chi connectivity index (χ4n) is 1.64. The molecule has 78 valence electrons. The van der Waals surface area contributed by atoms with Gasteiger partial charge in [-0.05, 0) is 34.5 Å². The predicted octanol–water partition coefficient (Wildman–Crippen LogP) is 3.54. The highest BCUT2D eigenvalue weighted by molar-refractivity contribution is 6.27. The average Bonchev–Trinajstić information content (AvgIpc) is 2.75. The van der Waals surface area contributed by atoms with Gasteiger partial charge in [-0.25, -0.2) is 0 Å². The van der Waals surface area contributed by atoms with E-state index in [0.29, 0.717) is 5.89 Å². The maximum atomic E-state index is 5.59. The summed E-state index contributed by atoms with van der Waals surface area (Å²) >= 11 is 5.59. The van der Waals surface area contributed by atoms with Crippen molar-refractivity contribution in [2.24, 2.45) is 0 Å². The van der Waals surface area contributed by atoms with Crippen LogP contribution in [0.15, 0.2) is 46.9 Å². The highest BCUT2D eigenvalue weighted by Crippen LogP contribution is 2.24. The molecule has 0 atom stereocenters. The van der Waals surface area contributed by atoms with Crippen LogP contribution in [0.3, 0.4) is 0 Å². The first-order valence-electron chi connectivity index (χ1n) is 4.81. The van der Waals surface area contributed by atoms with Gasteiger partial charge in [-0.15, -0.1) is 5.10 Å². The predicted molar refractivity (Wildman–Crippen MR) is 62.3 cm³/mol. The lowest BCUT2D eigenvalue weighted by atomic mass is 10.1. The quantitative estimate of drug-likeness (QED) is 0.642. The molecule has 3 rings (SSSR count). The van der Waals surface area contributed by atoms with Crippen molar-refractivity contribution in [1.29, 1.82) is 0 Å². The minimum atomic E-state index is 0.0585. The molecule has 1 aromatic heterocycles. The number of halogens is 1. The maximum absolute atomic E-state index is 5.59. The minimum Gasteiger partial charge on any atom is -0.407 e. The van der Waals surface area contributed by atoms with Crippen LogP contribution in [0.1, 0.15) is 0 Å². The van der Waals surface area contributed by atoms with Gasteiger partial charge in [0.2, 0.25) is 5.89 Å². The van der Waals surface area contributed by atoms with Gasteiger partial charge in [-0.2, -0.15) is 0 Å². The number of hydrogen-bond acceptors (Lipinski definition) is 3. The van der Waals surface area contributed by atoms with E-state index in [-0.39, 0.29) is 5.35 Å². The van der Waals surface area contributed by atoms with Gasteiger partial charge in [0.15, 0.2) is 0 Å². The Balaban J connectivity index is 2.18. The second-order valence-corrected chi connectivity index (χ2v) is 3.75. The molecule has 0 saturated carbocycles. The molecule has 0 amide bonds. The van der Waals surface area contributed by atoms with Gasteiger partial charge >= 0.3 is 5.35 Å². The van der Waals surface area contributed by atoms with Crippen LogP contribution in [0.25, 0.3) is 22.2 Å². The van der Waals surface area contributed by atoms with Gasteiger partial charge in [-0.3, -0.25) is 0 Å². The SMILES string of the molecule is Clc1nnc(-c2ccc3ccccc3c2)o1. The summed E-state index contributed by atoms with van der Waals surface area (Å²) in [5, 5.41) is 9.84. The summed E-state index contributed by atoms with van der Waals surface area (Å²) in [6.07, 6.45) is 0. The molecule has 0 bridgehead atoms. The molecule has 0 spiro atoms. The van der Waals surface area contributed by atoms with E-state index < -0.39 is 0 Å². The molecule has 0 aliphatic rings. The molecule has 16 heavy (non-hydrogen) atoms. The Morgan fingerprint density at radius 3 is 2.50 bits per heavy atom. The summed E-state index contributed by atoms with van der Waals surface area (Å²) in [7, 11) is 0. The molecule has 0 aliphatic carbocycles. The number of aromatic nitrogens is 2. The van der Waals surface area contributed by atoms with Crippen molar-refractivity contribution in [1.82, 2.24) is 10.2 Å². The molecule has 0 fully saturated rings. The van der Waals surface area contributed by atoms with Crippen LogP contribution in [0, 0.1) is 0 Å². The Kier molecular flexibility index (Phi) is 2.11. The average molecular weight is 231 g/mol. The zero-order valence-electron chi connectivity index (χ0n) is 8.22. The van der Waals surface area contributed by atoms with E-state index in [1.54, 1.807) is 0 Å². The van der Waals surface area contributed by atoms with Gasteiger partial charge in [0.25, 0.3) is 0 Å². The summed E-state index contributed by atoms with van der Waals surface area (Å²) in [6, 6.07) is 14.0. The van der Waals surface area contributed by atoms with Crippen LogP contribution < -0.4 is 0 Å². The number of rotatable bonds is 1. The third kappa shape index (κ3) is 1.55. The third-order valence-corrected chi connectivity index (χ3v) is 2.55. The topological polar surface area (TPSA) is 38.9 Å². The number of nitrogens with zero attached hydrogens (tertiary/aromatic N) is 2. The lowest BCUT2D eigenvalue weighted by Crippen LogP contribution is -1.78. The van der Waals surface area contributed by atoms with Crippen molar-refractivity contribution < 1.29 is 4.42 Å². The fraction of sp³-hybridized carbons (Fsp3) is 0. The summed E-state index contributed by atoms with van der Waals surface area (Å²) in [5.74, 6) is 0.441. The summed E-state index contributed by atoms with van der Waals surface area (Å²) in [6.45, 7) is 0. The van der Waals surface area contributed by atoms with Gasteiger partial charge in [0, 0.05) is 5.56 Å². The third-order valence-electron chi connectivity index (χ3n) is 2.40. The zero-order valence-corrected chi connectivity index (χ0v) is 8.98. The largest absolute Gasteiger partial charge is 0.407 e. The molecule has 1 heterocycles. The zero-order chi connectivity index (χ0) is 11.0. The Labute approximate surface area is 96.7 Å². The standard InChI is InChI=1S/C12H7ClN2O/c13-12-15-14-11(16-12)10-6-5-8-3-1-2-4-9(8)7-10/h1-7H. The monoisotopic (exact) mass is 230 g/mol.